The molecule has 1 rings (SSSR count). The molecule has 0 amide bonds. The number of hydrogen-bond acceptors (Lipinski definition) is 2. The van der Waals surface area contributed by atoms with E-state index < -0.39 is 0 Å². The van der Waals surface area contributed by atoms with E-state index >= 15 is 0 Å². The number of ether oxygens (including phenoxy) is 1. The van der Waals surface area contributed by atoms with E-state index in [9.17, 15) is 0 Å². The highest BCUT2D eigenvalue weighted by molar-refractivity contribution is 9.10. The molecule has 1 aromatic carbocycles. The molecular formula is C12H18BrNO. The maximum absolute atomic E-state index is 5.61. The fraction of sp³-hybridized carbons (Fsp3) is 0.500. The van der Waals surface area contributed by atoms with Crippen molar-refractivity contribution in [1.29, 1.82) is 0 Å². The first-order valence-corrected chi connectivity index (χ1v) is 6.13. The molecule has 0 heterocycles. The molecule has 2 nitrogen and oxygen atoms in total. The van der Waals surface area contributed by atoms with E-state index in [1.807, 2.05) is 18.2 Å². The Morgan fingerprint density at radius 2 is 2.13 bits per heavy atom. The van der Waals surface area contributed by atoms with E-state index in [2.05, 4.69) is 35.1 Å². The third kappa shape index (κ3) is 4.67. The largest absolute Gasteiger partial charge is 0.492 e. The van der Waals surface area contributed by atoms with Crippen LogP contribution in [0.5, 0.6) is 5.75 Å². The van der Waals surface area contributed by atoms with Gasteiger partial charge in [0.15, 0.2) is 0 Å². The van der Waals surface area contributed by atoms with Crippen molar-refractivity contribution in [3.8, 4) is 5.75 Å². The monoisotopic (exact) mass is 271 g/mol. The van der Waals surface area contributed by atoms with Crippen molar-refractivity contribution in [2.45, 2.75) is 20.3 Å². The van der Waals surface area contributed by atoms with Gasteiger partial charge in [-0.2, -0.15) is 0 Å². The van der Waals surface area contributed by atoms with Crippen LogP contribution in [0.15, 0.2) is 22.7 Å². The van der Waals surface area contributed by atoms with Crippen LogP contribution >= 0.6 is 15.9 Å². The number of rotatable bonds is 6. The quantitative estimate of drug-likeness (QED) is 0.803. The SMILES string of the molecule is CCCNCCOc1ccc(Br)c(C)c1. The van der Waals surface area contributed by atoms with Gasteiger partial charge in [-0.25, -0.2) is 0 Å². The minimum absolute atomic E-state index is 0.723. The van der Waals surface area contributed by atoms with E-state index in [1.54, 1.807) is 0 Å². The zero-order valence-corrected chi connectivity index (χ0v) is 10.9. The average molecular weight is 272 g/mol. The van der Waals surface area contributed by atoms with Gasteiger partial charge in [-0.15, -0.1) is 0 Å². The molecule has 0 radical (unpaired) electrons. The van der Waals surface area contributed by atoms with Crippen LogP contribution in [0.4, 0.5) is 0 Å². The molecule has 84 valence electrons. The fourth-order valence-corrected chi connectivity index (χ4v) is 1.50. The summed E-state index contributed by atoms with van der Waals surface area (Å²) < 4.78 is 6.73. The summed E-state index contributed by atoms with van der Waals surface area (Å²) in [5.41, 5.74) is 1.20. The average Bonchev–Trinajstić information content (AvgIpc) is 2.23. The van der Waals surface area contributed by atoms with Gasteiger partial charge >= 0.3 is 0 Å². The third-order valence-corrected chi connectivity index (χ3v) is 2.99. The summed E-state index contributed by atoms with van der Waals surface area (Å²) in [6.07, 6.45) is 1.16. The molecule has 0 unspecified atom stereocenters. The smallest absolute Gasteiger partial charge is 0.119 e. The second kappa shape index (κ2) is 6.85. The molecule has 3 heteroatoms. The van der Waals surface area contributed by atoms with Crippen LogP contribution in [0.1, 0.15) is 18.9 Å². The normalized spacial score (nSPS) is 10.3. The van der Waals surface area contributed by atoms with Crippen LogP contribution in [-0.2, 0) is 0 Å². The third-order valence-electron chi connectivity index (χ3n) is 2.10. The molecule has 0 aromatic heterocycles. The van der Waals surface area contributed by atoms with Crippen molar-refractivity contribution in [2.24, 2.45) is 0 Å². The van der Waals surface area contributed by atoms with Crippen molar-refractivity contribution in [3.05, 3.63) is 28.2 Å². The van der Waals surface area contributed by atoms with E-state index in [1.165, 1.54) is 5.56 Å². The molecule has 0 fully saturated rings. The second-order valence-electron chi connectivity index (χ2n) is 3.51. The van der Waals surface area contributed by atoms with Crippen molar-refractivity contribution in [2.75, 3.05) is 19.7 Å². The maximum atomic E-state index is 5.61. The zero-order valence-electron chi connectivity index (χ0n) is 9.35. The number of halogens is 1. The molecule has 0 aliphatic carbocycles. The Morgan fingerprint density at radius 1 is 1.33 bits per heavy atom. The van der Waals surface area contributed by atoms with Crippen LogP contribution in [-0.4, -0.2) is 19.7 Å². The zero-order chi connectivity index (χ0) is 11.1. The van der Waals surface area contributed by atoms with Crippen LogP contribution in [0, 0.1) is 6.92 Å². The Morgan fingerprint density at radius 3 is 2.80 bits per heavy atom. The van der Waals surface area contributed by atoms with E-state index in [-0.39, 0.29) is 0 Å². The Bertz CT molecular complexity index is 302. The minimum Gasteiger partial charge on any atom is -0.492 e. The van der Waals surface area contributed by atoms with Gasteiger partial charge in [-0.3, -0.25) is 0 Å². The Kier molecular flexibility index (Phi) is 5.73. The molecule has 1 N–H and O–H groups in total. The second-order valence-corrected chi connectivity index (χ2v) is 4.36. The lowest BCUT2D eigenvalue weighted by Crippen LogP contribution is -2.21. The summed E-state index contributed by atoms with van der Waals surface area (Å²) in [6, 6.07) is 6.05. The van der Waals surface area contributed by atoms with E-state index in [0.29, 0.717) is 0 Å². The van der Waals surface area contributed by atoms with Crippen molar-refractivity contribution >= 4 is 15.9 Å². The summed E-state index contributed by atoms with van der Waals surface area (Å²) in [6.45, 7) is 6.91. The summed E-state index contributed by atoms with van der Waals surface area (Å²) in [7, 11) is 0. The summed E-state index contributed by atoms with van der Waals surface area (Å²) >= 11 is 3.46. The van der Waals surface area contributed by atoms with Gasteiger partial charge < -0.3 is 10.1 Å². The van der Waals surface area contributed by atoms with Crippen LogP contribution < -0.4 is 10.1 Å². The lowest BCUT2D eigenvalue weighted by molar-refractivity contribution is 0.314. The van der Waals surface area contributed by atoms with Crippen LogP contribution in [0.25, 0.3) is 0 Å². The van der Waals surface area contributed by atoms with Crippen molar-refractivity contribution in [1.82, 2.24) is 5.32 Å². The number of aryl methyl sites for hydroxylation is 1. The topological polar surface area (TPSA) is 21.3 Å². The van der Waals surface area contributed by atoms with E-state index in [0.717, 1.165) is 36.3 Å². The van der Waals surface area contributed by atoms with Gasteiger partial charge in [0.2, 0.25) is 0 Å². The minimum atomic E-state index is 0.723. The lowest BCUT2D eigenvalue weighted by Gasteiger charge is -2.08. The molecule has 0 spiro atoms. The highest BCUT2D eigenvalue weighted by atomic mass is 79.9. The first-order chi connectivity index (χ1) is 7.24. The molecule has 15 heavy (non-hydrogen) atoms. The Balaban J connectivity index is 2.28. The predicted octanol–water partition coefficient (Wildman–Crippen LogP) is 3.14. The standard InChI is InChI=1S/C12H18BrNO/c1-3-6-14-7-8-15-11-4-5-12(13)10(2)9-11/h4-5,9,14H,3,6-8H2,1-2H3. The Hall–Kier alpha value is -0.540. The summed E-state index contributed by atoms with van der Waals surface area (Å²) in [4.78, 5) is 0. The maximum Gasteiger partial charge on any atom is 0.119 e. The molecule has 0 bridgehead atoms. The van der Waals surface area contributed by atoms with Crippen molar-refractivity contribution in [3.63, 3.8) is 0 Å². The van der Waals surface area contributed by atoms with Gasteiger partial charge in [-0.05, 0) is 43.7 Å². The first-order valence-electron chi connectivity index (χ1n) is 5.33. The summed E-state index contributed by atoms with van der Waals surface area (Å²) in [5.74, 6) is 0.939. The number of nitrogens with one attached hydrogen (secondary N) is 1. The number of hydrogen-bond donors (Lipinski definition) is 1. The highest BCUT2D eigenvalue weighted by Crippen LogP contribution is 2.21. The molecule has 0 saturated carbocycles. The van der Waals surface area contributed by atoms with E-state index in [4.69, 9.17) is 4.74 Å². The molecule has 0 aliphatic rings. The Labute approximate surface area is 100 Å². The molecular weight excluding hydrogens is 254 g/mol. The van der Waals surface area contributed by atoms with Gasteiger partial charge in [0.25, 0.3) is 0 Å². The first kappa shape index (κ1) is 12.5. The van der Waals surface area contributed by atoms with Gasteiger partial charge in [0.05, 0.1) is 0 Å². The van der Waals surface area contributed by atoms with Crippen molar-refractivity contribution < 1.29 is 4.74 Å². The fourth-order valence-electron chi connectivity index (χ4n) is 1.25. The van der Waals surface area contributed by atoms with Gasteiger partial charge in [0.1, 0.15) is 12.4 Å². The van der Waals surface area contributed by atoms with Crippen LogP contribution in [0.2, 0.25) is 0 Å². The van der Waals surface area contributed by atoms with Gasteiger partial charge in [-0.1, -0.05) is 22.9 Å². The molecule has 1 aromatic rings. The molecule has 0 aliphatic heterocycles. The lowest BCUT2D eigenvalue weighted by atomic mass is 10.2. The predicted molar refractivity (Wildman–Crippen MR) is 67.5 cm³/mol. The van der Waals surface area contributed by atoms with Crippen LogP contribution in [0.3, 0.4) is 0 Å². The van der Waals surface area contributed by atoms with Gasteiger partial charge in [0, 0.05) is 11.0 Å². The molecule has 0 saturated heterocycles. The highest BCUT2D eigenvalue weighted by Gasteiger charge is 1.97. The number of benzene rings is 1. The molecule has 0 atom stereocenters. The summed E-state index contributed by atoms with van der Waals surface area (Å²) in [5, 5.41) is 3.30.